The van der Waals surface area contributed by atoms with E-state index in [9.17, 15) is 4.79 Å². The van der Waals surface area contributed by atoms with Gasteiger partial charge in [-0.05, 0) is 17.2 Å². The predicted molar refractivity (Wildman–Crippen MR) is 87.4 cm³/mol. The van der Waals surface area contributed by atoms with Crippen LogP contribution in [-0.2, 0) is 13.6 Å². The highest BCUT2D eigenvalue weighted by atomic mass is 16.1. The summed E-state index contributed by atoms with van der Waals surface area (Å²) >= 11 is 0. The summed E-state index contributed by atoms with van der Waals surface area (Å²) in [6.07, 6.45) is 3.03. The first kappa shape index (κ1) is 15.1. The maximum atomic E-state index is 12.1. The number of benzene rings is 1. The van der Waals surface area contributed by atoms with Gasteiger partial charge in [-0.25, -0.2) is 4.68 Å². The summed E-state index contributed by atoms with van der Waals surface area (Å²) in [6.45, 7) is 0.355. The highest BCUT2D eigenvalue weighted by molar-refractivity contribution is 5.55. The molecule has 0 aliphatic carbocycles. The molecule has 7 heteroatoms. The number of hydrogen-bond acceptors (Lipinski definition) is 5. The molecule has 0 spiro atoms. The van der Waals surface area contributed by atoms with Crippen molar-refractivity contribution in [3.63, 3.8) is 0 Å². The summed E-state index contributed by atoms with van der Waals surface area (Å²) in [5, 5.41) is 8.54. The van der Waals surface area contributed by atoms with Crippen molar-refractivity contribution in [2.75, 3.05) is 0 Å². The molecule has 118 valence electrons. The van der Waals surface area contributed by atoms with Gasteiger partial charge in [-0.3, -0.25) is 9.48 Å². The highest BCUT2D eigenvalue weighted by Gasteiger charge is 2.07. The Morgan fingerprint density at radius 3 is 2.74 bits per heavy atom. The number of rotatable bonds is 4. The van der Waals surface area contributed by atoms with Crippen LogP contribution >= 0.6 is 0 Å². The number of nitrogens with two attached hydrogens (primary N) is 2. The van der Waals surface area contributed by atoms with Crippen molar-refractivity contribution < 1.29 is 0 Å². The van der Waals surface area contributed by atoms with E-state index in [1.54, 1.807) is 16.9 Å². The number of aryl methyl sites for hydroxylation is 1. The van der Waals surface area contributed by atoms with Gasteiger partial charge in [-0.15, -0.1) is 0 Å². The van der Waals surface area contributed by atoms with Crippen molar-refractivity contribution >= 4 is 0 Å². The minimum atomic E-state index is -0.540. The Morgan fingerprint density at radius 1 is 1.22 bits per heavy atom. The van der Waals surface area contributed by atoms with Gasteiger partial charge < -0.3 is 11.5 Å². The fraction of sp³-hybridized carbons (Fsp3) is 0.188. The lowest BCUT2D eigenvalue weighted by Crippen LogP contribution is -2.23. The molecule has 0 unspecified atom stereocenters. The Labute approximate surface area is 133 Å². The van der Waals surface area contributed by atoms with Crippen molar-refractivity contribution in [2.24, 2.45) is 18.5 Å². The van der Waals surface area contributed by atoms with Gasteiger partial charge in [0.05, 0.1) is 24.6 Å². The molecule has 0 radical (unpaired) electrons. The Balaban J connectivity index is 1.94. The van der Waals surface area contributed by atoms with Crippen LogP contribution in [0.4, 0.5) is 0 Å². The van der Waals surface area contributed by atoms with E-state index in [2.05, 4.69) is 10.2 Å². The molecule has 2 heterocycles. The number of nitrogens with zero attached hydrogens (tertiary/aromatic N) is 4. The normalized spacial score (nSPS) is 11.1. The molecular weight excluding hydrogens is 292 g/mol. The molecule has 2 aromatic heterocycles. The minimum Gasteiger partial charge on any atom is -0.312 e. The molecule has 0 amide bonds. The maximum absolute atomic E-state index is 12.1. The lowest BCUT2D eigenvalue weighted by molar-refractivity contribution is 0.641. The zero-order valence-corrected chi connectivity index (χ0v) is 12.8. The van der Waals surface area contributed by atoms with E-state index in [-0.39, 0.29) is 5.56 Å². The van der Waals surface area contributed by atoms with E-state index in [4.69, 9.17) is 11.5 Å². The van der Waals surface area contributed by atoms with Crippen LogP contribution < -0.4 is 17.0 Å². The first-order chi connectivity index (χ1) is 11.0. The quantitative estimate of drug-likeness (QED) is 0.687. The fourth-order valence-electron chi connectivity index (χ4n) is 2.34. The molecule has 1 aromatic carbocycles. The van der Waals surface area contributed by atoms with Crippen LogP contribution in [-0.4, -0.2) is 19.6 Å². The van der Waals surface area contributed by atoms with Crippen molar-refractivity contribution in [3.05, 3.63) is 70.3 Å². The van der Waals surface area contributed by atoms with Crippen molar-refractivity contribution in [3.8, 4) is 11.3 Å². The summed E-state index contributed by atoms with van der Waals surface area (Å²) in [5.41, 5.74) is 14.5. The highest BCUT2D eigenvalue weighted by Crippen LogP contribution is 2.14. The van der Waals surface area contributed by atoms with Crippen LogP contribution in [0.5, 0.6) is 0 Å². The van der Waals surface area contributed by atoms with E-state index >= 15 is 0 Å². The third kappa shape index (κ3) is 3.36. The summed E-state index contributed by atoms with van der Waals surface area (Å²) < 4.78 is 3.11. The largest absolute Gasteiger partial charge is 0.312 e. The summed E-state index contributed by atoms with van der Waals surface area (Å²) in [4.78, 5) is 12.1. The Kier molecular flexibility index (Phi) is 4.05. The molecule has 7 nitrogen and oxygen atoms in total. The number of hydrogen-bond donors (Lipinski definition) is 2. The smallest absolute Gasteiger partial charge is 0.267 e. The van der Waals surface area contributed by atoms with Gasteiger partial charge >= 0.3 is 0 Å². The van der Waals surface area contributed by atoms with Crippen LogP contribution in [0.2, 0.25) is 0 Å². The summed E-state index contributed by atoms with van der Waals surface area (Å²) in [5.74, 6) is 0. The van der Waals surface area contributed by atoms with E-state index in [1.165, 1.54) is 10.7 Å². The first-order valence-electron chi connectivity index (χ1n) is 7.20. The van der Waals surface area contributed by atoms with Crippen molar-refractivity contribution in [1.82, 2.24) is 19.6 Å². The standard InChI is InChI=1S/C16H18N6O/c1-21-10-13(8-19-21)14-5-6-15(23)22(20-14)9-11-3-2-4-12(7-11)16(17)18/h2-8,10,16H,9,17-18H2,1H3. The van der Waals surface area contributed by atoms with Crippen LogP contribution in [0.15, 0.2) is 53.6 Å². The molecule has 3 aromatic rings. The second kappa shape index (κ2) is 6.15. The van der Waals surface area contributed by atoms with Gasteiger partial charge in [0.1, 0.15) is 0 Å². The SMILES string of the molecule is Cn1cc(-c2ccc(=O)n(Cc3cccc(C(N)N)c3)n2)cn1. The monoisotopic (exact) mass is 310 g/mol. The Bertz CT molecular complexity index is 880. The molecule has 0 aliphatic heterocycles. The lowest BCUT2D eigenvalue weighted by Gasteiger charge is -2.10. The molecule has 0 atom stereocenters. The predicted octanol–water partition coefficient (Wildman–Crippen LogP) is 0.608. The second-order valence-electron chi connectivity index (χ2n) is 5.39. The summed E-state index contributed by atoms with van der Waals surface area (Å²) in [7, 11) is 1.83. The fourth-order valence-corrected chi connectivity index (χ4v) is 2.34. The molecule has 4 N–H and O–H groups in total. The van der Waals surface area contributed by atoms with E-state index in [0.29, 0.717) is 12.2 Å². The van der Waals surface area contributed by atoms with Gasteiger partial charge in [0.2, 0.25) is 0 Å². The molecule has 23 heavy (non-hydrogen) atoms. The van der Waals surface area contributed by atoms with E-state index in [0.717, 1.165) is 16.7 Å². The van der Waals surface area contributed by atoms with Gasteiger partial charge in [0, 0.05) is 24.9 Å². The van der Waals surface area contributed by atoms with Crippen molar-refractivity contribution in [1.29, 1.82) is 0 Å². The summed E-state index contributed by atoms with van der Waals surface area (Å²) in [6, 6.07) is 10.7. The van der Waals surface area contributed by atoms with Gasteiger partial charge in [-0.1, -0.05) is 24.3 Å². The molecule has 0 bridgehead atoms. The van der Waals surface area contributed by atoms with Crippen molar-refractivity contribution in [2.45, 2.75) is 12.7 Å². The molecule has 0 aliphatic rings. The zero-order chi connectivity index (χ0) is 16.4. The van der Waals surface area contributed by atoms with E-state index in [1.807, 2.05) is 37.5 Å². The zero-order valence-electron chi connectivity index (χ0n) is 12.8. The Morgan fingerprint density at radius 2 is 2.04 bits per heavy atom. The van der Waals surface area contributed by atoms with Crippen LogP contribution in [0, 0.1) is 0 Å². The molecule has 0 saturated heterocycles. The molecule has 0 saturated carbocycles. The number of aromatic nitrogens is 4. The van der Waals surface area contributed by atoms with Gasteiger partial charge in [0.25, 0.3) is 5.56 Å². The first-order valence-corrected chi connectivity index (χ1v) is 7.20. The average molecular weight is 310 g/mol. The molecule has 3 rings (SSSR count). The molecule has 0 fully saturated rings. The van der Waals surface area contributed by atoms with Gasteiger partial charge in [0.15, 0.2) is 0 Å². The third-order valence-corrected chi connectivity index (χ3v) is 3.54. The maximum Gasteiger partial charge on any atom is 0.267 e. The Hall–Kier alpha value is -2.77. The van der Waals surface area contributed by atoms with E-state index < -0.39 is 6.17 Å². The van der Waals surface area contributed by atoms with Crippen LogP contribution in [0.3, 0.4) is 0 Å². The molecular formula is C16H18N6O. The lowest BCUT2D eigenvalue weighted by atomic mass is 10.1. The van der Waals surface area contributed by atoms with Crippen LogP contribution in [0.25, 0.3) is 11.3 Å². The average Bonchev–Trinajstić information content (AvgIpc) is 2.96. The van der Waals surface area contributed by atoms with Crippen LogP contribution in [0.1, 0.15) is 17.3 Å². The second-order valence-corrected chi connectivity index (χ2v) is 5.39. The minimum absolute atomic E-state index is 0.167. The topological polar surface area (TPSA) is 105 Å². The third-order valence-electron chi connectivity index (χ3n) is 3.54. The van der Waals surface area contributed by atoms with Gasteiger partial charge in [-0.2, -0.15) is 10.2 Å².